The Hall–Kier alpha value is -2.38. The molecule has 3 rings (SSSR count). The fraction of sp³-hybridized carbons (Fsp3) is 0. The normalized spacial score (nSPS) is 11.4. The lowest BCUT2D eigenvalue weighted by atomic mass is 9.96. The van der Waals surface area contributed by atoms with E-state index in [0.29, 0.717) is 0 Å². The lowest BCUT2D eigenvalue weighted by molar-refractivity contribution is 1.32. The van der Waals surface area contributed by atoms with Crippen LogP contribution < -0.4 is 0 Å². The van der Waals surface area contributed by atoms with Crippen molar-refractivity contribution in [3.63, 3.8) is 0 Å². The Labute approximate surface area is 129 Å². The van der Waals surface area contributed by atoms with E-state index in [-0.39, 0.29) is 0 Å². The third kappa shape index (κ3) is 3.39. The molecule has 0 spiro atoms. The van der Waals surface area contributed by atoms with Crippen LogP contribution in [0.5, 0.6) is 0 Å². The highest BCUT2D eigenvalue weighted by Gasteiger charge is 2.04. The average molecular weight is 292 g/mol. The third-order valence-electron chi connectivity index (χ3n) is 3.26. The van der Waals surface area contributed by atoms with Crippen molar-refractivity contribution in [2.45, 2.75) is 0 Å². The maximum atomic E-state index is 5.95. The second-order valence-corrected chi connectivity index (χ2v) is 5.15. The molecular formula is C19H14ClN. The minimum Gasteiger partial charge on any atom is -0.265 e. The maximum Gasteiger partial charge on any atom is 0.0406 e. The van der Waals surface area contributed by atoms with Crippen molar-refractivity contribution >= 4 is 23.3 Å². The molecule has 0 fully saturated rings. The van der Waals surface area contributed by atoms with E-state index < -0.39 is 0 Å². The van der Waals surface area contributed by atoms with Gasteiger partial charge in [-0.25, -0.2) is 0 Å². The molecule has 0 bridgehead atoms. The van der Waals surface area contributed by atoms with E-state index in [1.54, 1.807) is 0 Å². The van der Waals surface area contributed by atoms with E-state index >= 15 is 0 Å². The summed E-state index contributed by atoms with van der Waals surface area (Å²) < 4.78 is 0. The largest absolute Gasteiger partial charge is 0.265 e. The van der Waals surface area contributed by atoms with Gasteiger partial charge in [0.25, 0.3) is 0 Å². The van der Waals surface area contributed by atoms with Gasteiger partial charge in [0.2, 0.25) is 0 Å². The van der Waals surface area contributed by atoms with Crippen LogP contribution in [0.25, 0.3) is 11.6 Å². The first-order chi connectivity index (χ1) is 10.3. The molecule has 0 unspecified atom stereocenters. The quantitative estimate of drug-likeness (QED) is 0.595. The van der Waals surface area contributed by atoms with Crippen molar-refractivity contribution < 1.29 is 0 Å². The molecule has 1 heterocycles. The lowest BCUT2D eigenvalue weighted by Crippen LogP contribution is -1.88. The summed E-state index contributed by atoms with van der Waals surface area (Å²) in [7, 11) is 0. The minimum atomic E-state index is 0.748. The number of hydrogen-bond acceptors (Lipinski definition) is 1. The van der Waals surface area contributed by atoms with Crippen molar-refractivity contribution in [1.82, 2.24) is 4.98 Å². The predicted octanol–water partition coefficient (Wildman–Crippen LogP) is 5.32. The lowest BCUT2D eigenvalue weighted by Gasteiger charge is -2.08. The Balaban J connectivity index is 2.10. The van der Waals surface area contributed by atoms with Gasteiger partial charge in [0.05, 0.1) is 0 Å². The Morgan fingerprint density at radius 1 is 0.762 bits per heavy atom. The molecule has 0 saturated carbocycles. The summed E-state index contributed by atoms with van der Waals surface area (Å²) in [5.74, 6) is 0. The van der Waals surface area contributed by atoms with E-state index in [2.05, 4.69) is 23.2 Å². The SMILES string of the molecule is Clc1ccc(/C=C(\c2ccccc2)c2ccncc2)cc1. The van der Waals surface area contributed by atoms with Crippen LogP contribution in [0.15, 0.2) is 79.1 Å². The van der Waals surface area contributed by atoms with Gasteiger partial charge in [-0.05, 0) is 52.6 Å². The van der Waals surface area contributed by atoms with Crippen molar-refractivity contribution in [2.75, 3.05) is 0 Å². The molecule has 0 radical (unpaired) electrons. The topological polar surface area (TPSA) is 12.9 Å². The van der Waals surface area contributed by atoms with Gasteiger partial charge in [-0.1, -0.05) is 54.1 Å². The number of aromatic nitrogens is 1. The monoisotopic (exact) mass is 291 g/mol. The Bertz CT molecular complexity index is 690. The van der Waals surface area contributed by atoms with Crippen LogP contribution in [0.4, 0.5) is 0 Å². The number of benzene rings is 2. The van der Waals surface area contributed by atoms with E-state index in [1.807, 2.05) is 67.0 Å². The highest BCUT2D eigenvalue weighted by Crippen LogP contribution is 2.26. The van der Waals surface area contributed by atoms with Crippen molar-refractivity contribution in [1.29, 1.82) is 0 Å². The molecule has 0 amide bonds. The molecule has 0 N–H and O–H groups in total. The van der Waals surface area contributed by atoms with Crippen LogP contribution >= 0.6 is 11.6 Å². The smallest absolute Gasteiger partial charge is 0.0406 e. The molecule has 0 atom stereocenters. The Morgan fingerprint density at radius 3 is 2.05 bits per heavy atom. The van der Waals surface area contributed by atoms with Crippen LogP contribution in [-0.2, 0) is 0 Å². The van der Waals surface area contributed by atoms with E-state index in [9.17, 15) is 0 Å². The van der Waals surface area contributed by atoms with Crippen LogP contribution in [-0.4, -0.2) is 4.98 Å². The van der Waals surface area contributed by atoms with Gasteiger partial charge in [-0.3, -0.25) is 4.98 Å². The summed E-state index contributed by atoms with van der Waals surface area (Å²) in [5.41, 5.74) is 4.61. The summed E-state index contributed by atoms with van der Waals surface area (Å²) >= 11 is 5.95. The number of pyridine rings is 1. The molecule has 0 aliphatic rings. The number of rotatable bonds is 3. The van der Waals surface area contributed by atoms with Gasteiger partial charge in [0.1, 0.15) is 0 Å². The molecule has 0 saturated heterocycles. The van der Waals surface area contributed by atoms with Crippen molar-refractivity contribution in [3.8, 4) is 0 Å². The second-order valence-electron chi connectivity index (χ2n) is 4.71. The zero-order valence-electron chi connectivity index (χ0n) is 11.4. The minimum absolute atomic E-state index is 0.748. The first-order valence-corrected chi connectivity index (χ1v) is 7.14. The molecule has 102 valence electrons. The van der Waals surface area contributed by atoms with Gasteiger partial charge in [0.15, 0.2) is 0 Å². The zero-order chi connectivity index (χ0) is 14.5. The Kier molecular flexibility index (Phi) is 4.13. The predicted molar refractivity (Wildman–Crippen MR) is 89.1 cm³/mol. The second kappa shape index (κ2) is 6.38. The first-order valence-electron chi connectivity index (χ1n) is 6.76. The van der Waals surface area contributed by atoms with Gasteiger partial charge in [-0.2, -0.15) is 0 Å². The van der Waals surface area contributed by atoms with Crippen LogP contribution in [0.3, 0.4) is 0 Å². The van der Waals surface area contributed by atoms with Crippen LogP contribution in [0.1, 0.15) is 16.7 Å². The van der Waals surface area contributed by atoms with Crippen molar-refractivity contribution in [2.24, 2.45) is 0 Å². The summed E-state index contributed by atoms with van der Waals surface area (Å²) in [6, 6.07) is 22.2. The van der Waals surface area contributed by atoms with Gasteiger partial charge < -0.3 is 0 Å². The molecular weight excluding hydrogens is 278 g/mol. The molecule has 1 nitrogen and oxygen atoms in total. The third-order valence-corrected chi connectivity index (χ3v) is 3.51. The van der Waals surface area contributed by atoms with Gasteiger partial charge in [0, 0.05) is 17.4 Å². The molecule has 2 heteroatoms. The molecule has 0 aliphatic carbocycles. The summed E-state index contributed by atoms with van der Waals surface area (Å²) in [5, 5.41) is 0.748. The molecule has 1 aromatic heterocycles. The summed E-state index contributed by atoms with van der Waals surface area (Å²) in [6.45, 7) is 0. The molecule has 2 aromatic carbocycles. The Morgan fingerprint density at radius 2 is 1.38 bits per heavy atom. The van der Waals surface area contributed by atoms with Crippen molar-refractivity contribution in [3.05, 3.63) is 101 Å². The van der Waals surface area contributed by atoms with Crippen LogP contribution in [0, 0.1) is 0 Å². The van der Waals surface area contributed by atoms with E-state index in [1.165, 1.54) is 11.1 Å². The fourth-order valence-electron chi connectivity index (χ4n) is 2.21. The van der Waals surface area contributed by atoms with E-state index in [0.717, 1.165) is 16.1 Å². The van der Waals surface area contributed by atoms with Gasteiger partial charge in [-0.15, -0.1) is 0 Å². The van der Waals surface area contributed by atoms with E-state index in [4.69, 9.17) is 11.6 Å². The number of hydrogen-bond donors (Lipinski definition) is 0. The zero-order valence-corrected chi connectivity index (χ0v) is 12.2. The average Bonchev–Trinajstić information content (AvgIpc) is 2.56. The summed E-state index contributed by atoms with van der Waals surface area (Å²) in [4.78, 5) is 4.10. The fourth-order valence-corrected chi connectivity index (χ4v) is 2.33. The molecule has 0 aliphatic heterocycles. The number of halogens is 1. The van der Waals surface area contributed by atoms with Gasteiger partial charge >= 0.3 is 0 Å². The molecule has 21 heavy (non-hydrogen) atoms. The van der Waals surface area contributed by atoms with Crippen LogP contribution in [0.2, 0.25) is 5.02 Å². The maximum absolute atomic E-state index is 5.95. The number of nitrogens with zero attached hydrogens (tertiary/aromatic N) is 1. The first kappa shape index (κ1) is 13.6. The summed E-state index contributed by atoms with van der Waals surface area (Å²) in [6.07, 6.45) is 5.79. The highest BCUT2D eigenvalue weighted by molar-refractivity contribution is 6.30. The molecule has 3 aromatic rings. The highest BCUT2D eigenvalue weighted by atomic mass is 35.5. The standard InChI is InChI=1S/C19H14ClN/c20-18-8-6-15(7-9-18)14-19(16-4-2-1-3-5-16)17-10-12-21-13-11-17/h1-14H/b19-14+.